The minimum atomic E-state index is -1.08. The Hall–Kier alpha value is -2.58. The first-order valence-corrected chi connectivity index (χ1v) is 9.60. The number of hydrogen-bond donors (Lipinski definition) is 3. The molecule has 0 heterocycles. The van der Waals surface area contributed by atoms with Gasteiger partial charge < -0.3 is 16.8 Å². The van der Waals surface area contributed by atoms with Crippen molar-refractivity contribution < 1.29 is 19.2 Å². The lowest BCUT2D eigenvalue weighted by atomic mass is 9.99. The summed E-state index contributed by atoms with van der Waals surface area (Å²) < 4.78 is 0. The topological polar surface area (TPSA) is 136 Å². The highest BCUT2D eigenvalue weighted by Crippen LogP contribution is 2.23. The lowest BCUT2D eigenvalue weighted by molar-refractivity contribution is -0.148. The summed E-state index contributed by atoms with van der Waals surface area (Å²) in [6.45, 7) is 7.98. The number of nitrogens with two attached hydrogens (primary N) is 2. The smallest absolute Gasteiger partial charge is 0.252 e. The third-order valence-electron chi connectivity index (χ3n) is 4.23. The summed E-state index contributed by atoms with van der Waals surface area (Å²) in [7, 11) is 0. The molecule has 0 bridgehead atoms. The third-order valence-corrected chi connectivity index (χ3v) is 4.23. The zero-order valence-electron chi connectivity index (χ0n) is 17.6. The predicted molar refractivity (Wildman–Crippen MR) is 110 cm³/mol. The van der Waals surface area contributed by atoms with Crippen molar-refractivity contribution in [3.63, 3.8) is 0 Å². The highest BCUT2D eigenvalue weighted by Gasteiger charge is 2.39. The highest BCUT2D eigenvalue weighted by atomic mass is 16.2. The Bertz CT molecular complexity index is 733. The van der Waals surface area contributed by atoms with Gasteiger partial charge in [-0.3, -0.25) is 24.1 Å². The van der Waals surface area contributed by atoms with Gasteiger partial charge in [0.25, 0.3) is 5.91 Å². The number of benzene rings is 1. The number of carbonyl (C=O) groups is 4. The summed E-state index contributed by atoms with van der Waals surface area (Å²) in [5, 5.41) is 2.53. The fraction of sp³-hybridized carbons (Fsp3) is 0.476. The van der Waals surface area contributed by atoms with Crippen molar-refractivity contribution in [2.45, 2.75) is 59.2 Å². The molecule has 0 aromatic heterocycles. The summed E-state index contributed by atoms with van der Waals surface area (Å²) in [4.78, 5) is 51.3. The van der Waals surface area contributed by atoms with Gasteiger partial charge in [-0.15, -0.1) is 0 Å². The summed E-state index contributed by atoms with van der Waals surface area (Å²) >= 11 is 0. The van der Waals surface area contributed by atoms with E-state index in [1.807, 2.05) is 13.8 Å². The van der Waals surface area contributed by atoms with Gasteiger partial charge in [-0.05, 0) is 38.7 Å². The first-order chi connectivity index (χ1) is 13.5. The number of hydrogen-bond acceptors (Lipinski definition) is 6. The van der Waals surface area contributed by atoms with Crippen molar-refractivity contribution in [3.05, 3.63) is 41.9 Å². The second-order valence-corrected chi connectivity index (χ2v) is 7.54. The summed E-state index contributed by atoms with van der Waals surface area (Å²) in [5.41, 5.74) is 12.0. The first kappa shape index (κ1) is 24.5. The number of nitrogens with one attached hydrogen (secondary N) is 1. The standard InChI is InChI=1S/C21H31N4O4/c1-12(2)11-17(23)19(27)24-14(4)21(29)25(20(28)13(3)22)18(15(5)26)16-9-7-6-8-10-16/h6-10,12-14,17H,11,22-23H2,1-5H3,(H,24,27)/t13-,14-,17-/m0/s1. The average molecular weight is 404 g/mol. The number of imide groups is 1. The molecule has 3 atom stereocenters. The van der Waals surface area contributed by atoms with Crippen LogP contribution in [-0.2, 0) is 19.2 Å². The van der Waals surface area contributed by atoms with E-state index in [1.165, 1.54) is 20.8 Å². The van der Waals surface area contributed by atoms with Gasteiger partial charge in [-0.25, -0.2) is 0 Å². The molecule has 159 valence electrons. The van der Waals surface area contributed by atoms with Crippen LogP contribution < -0.4 is 16.8 Å². The molecule has 8 heteroatoms. The molecule has 0 aliphatic heterocycles. The van der Waals surface area contributed by atoms with Gasteiger partial charge in [-0.1, -0.05) is 44.2 Å². The molecule has 1 aromatic carbocycles. The number of carbonyl (C=O) groups excluding carboxylic acids is 4. The van der Waals surface area contributed by atoms with Crippen molar-refractivity contribution in [1.82, 2.24) is 10.2 Å². The van der Waals surface area contributed by atoms with Crippen LogP contribution in [0.3, 0.4) is 0 Å². The monoisotopic (exact) mass is 403 g/mol. The Labute approximate surface area is 172 Å². The molecule has 0 aliphatic rings. The van der Waals surface area contributed by atoms with Gasteiger partial charge in [0.2, 0.25) is 11.8 Å². The number of amides is 3. The highest BCUT2D eigenvalue weighted by molar-refractivity contribution is 6.09. The van der Waals surface area contributed by atoms with Gasteiger partial charge >= 0.3 is 0 Å². The Balaban J connectivity index is 3.19. The molecule has 0 saturated heterocycles. The van der Waals surface area contributed by atoms with Crippen LogP contribution in [0.4, 0.5) is 0 Å². The zero-order valence-corrected chi connectivity index (χ0v) is 17.6. The van der Waals surface area contributed by atoms with Gasteiger partial charge in [0.15, 0.2) is 11.8 Å². The average Bonchev–Trinajstić information content (AvgIpc) is 2.64. The molecule has 0 aliphatic carbocycles. The Morgan fingerprint density at radius 1 is 0.966 bits per heavy atom. The van der Waals surface area contributed by atoms with E-state index >= 15 is 0 Å². The van der Waals surface area contributed by atoms with Crippen LogP contribution in [0.1, 0.15) is 46.6 Å². The molecule has 0 unspecified atom stereocenters. The quantitative estimate of drug-likeness (QED) is 0.556. The van der Waals surface area contributed by atoms with Gasteiger partial charge in [0, 0.05) is 0 Å². The number of ketones is 1. The summed E-state index contributed by atoms with van der Waals surface area (Å²) in [6.07, 6.45) is 0.448. The Morgan fingerprint density at radius 3 is 1.97 bits per heavy atom. The lowest BCUT2D eigenvalue weighted by Gasteiger charge is -2.31. The predicted octanol–water partition coefficient (Wildman–Crippen LogP) is 0.736. The van der Waals surface area contributed by atoms with Crippen LogP contribution in [0, 0.1) is 12.0 Å². The fourth-order valence-corrected chi connectivity index (χ4v) is 2.81. The lowest BCUT2D eigenvalue weighted by Crippen LogP contribution is -2.57. The molecule has 5 N–H and O–H groups in total. The number of Topliss-reactive ketones (excluding diaryl/α,β-unsaturated/α-hetero) is 1. The van der Waals surface area contributed by atoms with Crippen molar-refractivity contribution in [3.8, 4) is 0 Å². The van der Waals surface area contributed by atoms with E-state index in [0.29, 0.717) is 12.0 Å². The van der Waals surface area contributed by atoms with Gasteiger partial charge in [0.1, 0.15) is 6.04 Å². The maximum atomic E-state index is 13.1. The Morgan fingerprint density at radius 2 is 1.52 bits per heavy atom. The van der Waals surface area contributed by atoms with Crippen molar-refractivity contribution >= 4 is 23.5 Å². The molecule has 0 spiro atoms. The van der Waals surface area contributed by atoms with Crippen molar-refractivity contribution in [2.75, 3.05) is 0 Å². The van der Waals surface area contributed by atoms with Crippen LogP contribution in [0.25, 0.3) is 0 Å². The van der Waals surface area contributed by atoms with E-state index in [-0.39, 0.29) is 12.0 Å². The molecule has 0 fully saturated rings. The zero-order chi connectivity index (χ0) is 22.3. The second kappa shape index (κ2) is 10.8. The summed E-state index contributed by atoms with van der Waals surface area (Å²) in [6, 6.07) is 5.38. The second-order valence-electron chi connectivity index (χ2n) is 7.54. The largest absolute Gasteiger partial charge is 0.343 e. The third kappa shape index (κ3) is 6.76. The fourth-order valence-electron chi connectivity index (χ4n) is 2.81. The minimum absolute atomic E-state index is 0.0922. The Kier molecular flexibility index (Phi) is 9.13. The molecular weight excluding hydrogens is 372 g/mol. The maximum absolute atomic E-state index is 13.1. The molecule has 1 rings (SSSR count). The molecule has 1 aromatic rings. The van der Waals surface area contributed by atoms with Crippen LogP contribution >= 0.6 is 0 Å². The SMILES string of the molecule is CC(=O)[C](c1ccccc1)N(C(=O)[C@H](C)N)C(=O)[C@H](C)NC(=O)[C@@H](N)CC(C)C. The number of nitrogens with zero attached hydrogens (tertiary/aromatic N) is 1. The van der Waals surface area contributed by atoms with Gasteiger partial charge in [0.05, 0.1) is 12.1 Å². The molecule has 29 heavy (non-hydrogen) atoms. The number of rotatable bonds is 9. The minimum Gasteiger partial charge on any atom is -0.343 e. The molecule has 3 amide bonds. The van der Waals surface area contributed by atoms with Crippen molar-refractivity contribution in [1.29, 1.82) is 0 Å². The van der Waals surface area contributed by atoms with Gasteiger partial charge in [-0.2, -0.15) is 0 Å². The van der Waals surface area contributed by atoms with E-state index in [9.17, 15) is 19.2 Å². The molecule has 0 saturated carbocycles. The summed E-state index contributed by atoms with van der Waals surface area (Å²) in [5.74, 6) is -2.28. The van der Waals surface area contributed by atoms with Crippen LogP contribution in [-0.4, -0.2) is 46.5 Å². The van der Waals surface area contributed by atoms with E-state index in [4.69, 9.17) is 11.5 Å². The van der Waals surface area contributed by atoms with Crippen LogP contribution in [0.5, 0.6) is 0 Å². The van der Waals surface area contributed by atoms with E-state index in [0.717, 1.165) is 4.90 Å². The van der Waals surface area contributed by atoms with Crippen LogP contribution in [0.15, 0.2) is 30.3 Å². The molecule has 8 nitrogen and oxygen atoms in total. The normalized spacial score (nSPS) is 14.2. The molecule has 1 radical (unpaired) electrons. The van der Waals surface area contributed by atoms with Crippen LogP contribution in [0.2, 0.25) is 0 Å². The van der Waals surface area contributed by atoms with E-state index < -0.39 is 41.6 Å². The van der Waals surface area contributed by atoms with E-state index in [2.05, 4.69) is 5.32 Å². The first-order valence-electron chi connectivity index (χ1n) is 9.60. The maximum Gasteiger partial charge on any atom is 0.252 e. The molecular formula is C21H31N4O4. The van der Waals surface area contributed by atoms with Crippen molar-refractivity contribution in [2.24, 2.45) is 17.4 Å². The van der Waals surface area contributed by atoms with E-state index in [1.54, 1.807) is 30.3 Å².